The number of rotatable bonds is 5. The molecule has 3 aromatic rings. The second-order valence-electron chi connectivity index (χ2n) is 7.48. The van der Waals surface area contributed by atoms with Crippen molar-refractivity contribution in [1.82, 2.24) is 14.3 Å². The first-order valence-corrected chi connectivity index (χ1v) is 9.45. The lowest BCUT2D eigenvalue weighted by molar-refractivity contribution is -0.151. The number of nitrogens with zero attached hydrogens (tertiary/aromatic N) is 3. The molecule has 1 atom stereocenters. The minimum Gasteiger partial charge on any atom is -0.458 e. The topological polar surface area (TPSA) is 81.0 Å². The number of hydrogen-bond donors (Lipinski definition) is 0. The lowest BCUT2D eigenvalue weighted by atomic mass is 10.0. The van der Waals surface area contributed by atoms with Gasteiger partial charge in [0, 0.05) is 12.4 Å². The second-order valence-corrected chi connectivity index (χ2v) is 7.48. The summed E-state index contributed by atoms with van der Waals surface area (Å²) in [6.07, 6.45) is 3.67. The molecule has 29 heavy (non-hydrogen) atoms. The predicted molar refractivity (Wildman–Crippen MR) is 105 cm³/mol. The lowest BCUT2D eigenvalue weighted by Gasteiger charge is -2.27. The van der Waals surface area contributed by atoms with Crippen LogP contribution in [0, 0.1) is 12.8 Å². The van der Waals surface area contributed by atoms with Crippen LogP contribution in [0.1, 0.15) is 45.8 Å². The van der Waals surface area contributed by atoms with E-state index >= 15 is 0 Å². The Hall–Kier alpha value is -3.48. The molecule has 0 saturated carbocycles. The van der Waals surface area contributed by atoms with E-state index in [1.165, 1.54) is 0 Å². The summed E-state index contributed by atoms with van der Waals surface area (Å²) in [7, 11) is 0. The van der Waals surface area contributed by atoms with E-state index in [-0.39, 0.29) is 12.5 Å². The molecule has 4 rings (SSSR count). The third-order valence-electron chi connectivity index (χ3n) is 5.07. The third-order valence-corrected chi connectivity index (χ3v) is 5.07. The van der Waals surface area contributed by atoms with Crippen molar-refractivity contribution in [2.45, 2.75) is 33.4 Å². The van der Waals surface area contributed by atoms with Crippen LogP contribution in [0.5, 0.6) is 0 Å². The fourth-order valence-corrected chi connectivity index (χ4v) is 3.64. The zero-order valence-electron chi connectivity index (χ0n) is 16.5. The standard InChI is InChI=1S/C22H21N3O4/c1-13(2)18(25-20(26)16-8-4-5-9-17(16)21(25)27)22(28)29-12-15-11-24-10-6-7-14(3)19(24)23-15/h4-11,13,18H,12H2,1-3H3/t18-/m0/s1. The van der Waals surface area contributed by atoms with Gasteiger partial charge in [0.2, 0.25) is 0 Å². The Morgan fingerprint density at radius 3 is 2.31 bits per heavy atom. The summed E-state index contributed by atoms with van der Waals surface area (Å²) in [5, 5.41) is 0. The van der Waals surface area contributed by atoms with Gasteiger partial charge in [-0.15, -0.1) is 0 Å². The number of hydrogen-bond acceptors (Lipinski definition) is 5. The van der Waals surface area contributed by atoms with Crippen molar-refractivity contribution in [2.24, 2.45) is 5.92 Å². The van der Waals surface area contributed by atoms with Gasteiger partial charge >= 0.3 is 5.97 Å². The molecule has 0 N–H and O–H groups in total. The highest BCUT2D eigenvalue weighted by atomic mass is 16.5. The molecule has 2 amide bonds. The SMILES string of the molecule is Cc1cccn2cc(COC(=O)[C@H](C(C)C)N3C(=O)c4ccccc4C3=O)nc12. The summed E-state index contributed by atoms with van der Waals surface area (Å²) in [5.41, 5.74) is 3.02. The third kappa shape index (κ3) is 3.18. The molecule has 2 aromatic heterocycles. The molecule has 0 aliphatic carbocycles. The average Bonchev–Trinajstić information content (AvgIpc) is 3.22. The van der Waals surface area contributed by atoms with Crippen LogP contribution in [0.4, 0.5) is 0 Å². The summed E-state index contributed by atoms with van der Waals surface area (Å²) < 4.78 is 7.33. The van der Waals surface area contributed by atoms with Gasteiger partial charge in [-0.2, -0.15) is 0 Å². The summed E-state index contributed by atoms with van der Waals surface area (Å²) in [6, 6.07) is 9.45. The number of aryl methyl sites for hydroxylation is 1. The number of ether oxygens (including phenoxy) is 1. The number of benzene rings is 1. The molecule has 0 saturated heterocycles. The van der Waals surface area contributed by atoms with E-state index in [2.05, 4.69) is 4.98 Å². The molecular formula is C22H21N3O4. The van der Waals surface area contributed by atoms with Gasteiger partial charge in [-0.25, -0.2) is 9.78 Å². The van der Waals surface area contributed by atoms with E-state index in [0.717, 1.165) is 16.1 Å². The van der Waals surface area contributed by atoms with Crippen LogP contribution in [0.3, 0.4) is 0 Å². The minimum absolute atomic E-state index is 0.0354. The van der Waals surface area contributed by atoms with Crippen LogP contribution < -0.4 is 0 Å². The van der Waals surface area contributed by atoms with E-state index in [1.54, 1.807) is 44.3 Å². The summed E-state index contributed by atoms with van der Waals surface area (Å²) >= 11 is 0. The molecule has 7 heteroatoms. The molecule has 0 radical (unpaired) electrons. The van der Waals surface area contributed by atoms with E-state index in [1.807, 2.05) is 29.7 Å². The van der Waals surface area contributed by atoms with Gasteiger partial charge in [0.25, 0.3) is 11.8 Å². The minimum atomic E-state index is -0.999. The maximum absolute atomic E-state index is 12.9. The number of esters is 1. The summed E-state index contributed by atoms with van der Waals surface area (Å²) in [4.78, 5) is 43.9. The first-order chi connectivity index (χ1) is 13.9. The first kappa shape index (κ1) is 18.9. The molecule has 0 fully saturated rings. The number of imidazole rings is 1. The maximum atomic E-state index is 12.9. The lowest BCUT2D eigenvalue weighted by Crippen LogP contribution is -2.48. The predicted octanol–water partition coefficient (Wildman–Crippen LogP) is 3.01. The number of aromatic nitrogens is 2. The van der Waals surface area contributed by atoms with Gasteiger partial charge < -0.3 is 9.14 Å². The van der Waals surface area contributed by atoms with Gasteiger partial charge in [0.15, 0.2) is 0 Å². The van der Waals surface area contributed by atoms with Gasteiger partial charge in [-0.3, -0.25) is 14.5 Å². The molecule has 0 spiro atoms. The van der Waals surface area contributed by atoms with Crippen molar-refractivity contribution in [3.63, 3.8) is 0 Å². The van der Waals surface area contributed by atoms with Gasteiger partial charge in [0.05, 0.1) is 16.8 Å². The normalized spacial score (nSPS) is 14.6. The molecule has 1 aliphatic rings. The van der Waals surface area contributed by atoms with Crippen LogP contribution in [-0.2, 0) is 16.1 Å². The molecular weight excluding hydrogens is 370 g/mol. The highest BCUT2D eigenvalue weighted by Crippen LogP contribution is 2.27. The van der Waals surface area contributed by atoms with Crippen LogP contribution in [0.25, 0.3) is 5.65 Å². The average molecular weight is 391 g/mol. The molecule has 1 aliphatic heterocycles. The Kier molecular flexibility index (Phi) is 4.66. The fourth-order valence-electron chi connectivity index (χ4n) is 3.64. The maximum Gasteiger partial charge on any atom is 0.330 e. The van der Waals surface area contributed by atoms with Crippen LogP contribution >= 0.6 is 0 Å². The van der Waals surface area contributed by atoms with Gasteiger partial charge in [-0.1, -0.05) is 32.0 Å². The molecule has 148 valence electrons. The molecule has 1 aromatic carbocycles. The monoisotopic (exact) mass is 391 g/mol. The van der Waals surface area contributed by atoms with E-state index in [9.17, 15) is 14.4 Å². The zero-order chi connectivity index (χ0) is 20.7. The number of fused-ring (bicyclic) bond motifs is 2. The molecule has 0 bridgehead atoms. The number of amides is 2. The highest BCUT2D eigenvalue weighted by Gasteiger charge is 2.44. The van der Waals surface area contributed by atoms with Crippen molar-refractivity contribution in [2.75, 3.05) is 0 Å². The van der Waals surface area contributed by atoms with Gasteiger partial charge in [0.1, 0.15) is 18.3 Å². The van der Waals surface area contributed by atoms with Crippen LogP contribution in [0.2, 0.25) is 0 Å². The number of carbonyl (C=O) groups excluding carboxylic acids is 3. The van der Waals surface area contributed by atoms with Crippen molar-refractivity contribution >= 4 is 23.4 Å². The smallest absolute Gasteiger partial charge is 0.330 e. The number of carbonyl (C=O) groups is 3. The summed E-state index contributed by atoms with van der Waals surface area (Å²) in [5.74, 6) is -1.86. The Morgan fingerprint density at radius 2 is 1.72 bits per heavy atom. The Labute approximate surface area is 167 Å². The highest BCUT2D eigenvalue weighted by molar-refractivity contribution is 6.22. The van der Waals surface area contributed by atoms with Crippen molar-refractivity contribution < 1.29 is 19.1 Å². The molecule has 7 nitrogen and oxygen atoms in total. The van der Waals surface area contributed by atoms with Gasteiger partial charge in [-0.05, 0) is 36.6 Å². The summed E-state index contributed by atoms with van der Waals surface area (Å²) in [6.45, 7) is 5.48. The van der Waals surface area contributed by atoms with E-state index in [4.69, 9.17) is 4.74 Å². The van der Waals surface area contributed by atoms with Crippen molar-refractivity contribution in [3.8, 4) is 0 Å². The Bertz CT molecular complexity index is 1100. The molecule has 0 unspecified atom stereocenters. The van der Waals surface area contributed by atoms with Crippen molar-refractivity contribution in [3.05, 3.63) is 71.2 Å². The molecule has 3 heterocycles. The Balaban J connectivity index is 1.54. The van der Waals surface area contributed by atoms with E-state index < -0.39 is 23.8 Å². The first-order valence-electron chi connectivity index (χ1n) is 9.45. The second kappa shape index (κ2) is 7.16. The van der Waals surface area contributed by atoms with Crippen LogP contribution in [0.15, 0.2) is 48.8 Å². The fraction of sp³-hybridized carbons (Fsp3) is 0.273. The number of pyridine rings is 1. The van der Waals surface area contributed by atoms with Crippen LogP contribution in [-0.4, -0.2) is 38.1 Å². The zero-order valence-corrected chi connectivity index (χ0v) is 16.5. The Morgan fingerprint density at radius 1 is 1.07 bits per heavy atom. The quantitative estimate of drug-likeness (QED) is 0.493. The van der Waals surface area contributed by atoms with Crippen molar-refractivity contribution in [1.29, 1.82) is 0 Å². The number of imide groups is 1. The largest absolute Gasteiger partial charge is 0.458 e. The van der Waals surface area contributed by atoms with E-state index in [0.29, 0.717) is 16.8 Å².